The van der Waals surface area contributed by atoms with E-state index < -0.39 is 0 Å². The fraction of sp³-hybridized carbons (Fsp3) is 0.632. The molecule has 134 valence electrons. The summed E-state index contributed by atoms with van der Waals surface area (Å²) >= 11 is 0. The Labute approximate surface area is 145 Å². The Bertz CT molecular complexity index is 537. The van der Waals surface area contributed by atoms with E-state index in [0.29, 0.717) is 19.2 Å². The molecule has 0 aromatic heterocycles. The molecule has 0 heterocycles. The summed E-state index contributed by atoms with van der Waals surface area (Å²) in [4.78, 5) is 4.27. The fourth-order valence-corrected chi connectivity index (χ4v) is 2.72. The average molecular weight is 333 g/mol. The van der Waals surface area contributed by atoms with E-state index in [2.05, 4.69) is 27.8 Å². The van der Waals surface area contributed by atoms with Crippen LogP contribution in [0.5, 0.6) is 5.75 Å². The summed E-state index contributed by atoms with van der Waals surface area (Å²) in [6.45, 7) is 5.44. The first-order valence-corrected chi connectivity index (χ1v) is 8.78. The van der Waals surface area contributed by atoms with Crippen LogP contribution in [0.15, 0.2) is 29.3 Å². The van der Waals surface area contributed by atoms with Gasteiger partial charge in [0.25, 0.3) is 0 Å². The molecule has 0 unspecified atom stereocenters. The molecule has 0 atom stereocenters. The number of methoxy groups -OCH3 is 1. The van der Waals surface area contributed by atoms with Crippen molar-refractivity contribution >= 4 is 5.96 Å². The molecule has 0 amide bonds. The highest BCUT2D eigenvalue weighted by Gasteiger charge is 2.18. The minimum absolute atomic E-state index is 0.235. The number of ether oxygens (including phenoxy) is 2. The van der Waals surface area contributed by atoms with E-state index in [0.717, 1.165) is 30.1 Å². The predicted octanol–water partition coefficient (Wildman–Crippen LogP) is 3.10. The van der Waals surface area contributed by atoms with E-state index >= 15 is 0 Å². The molecule has 1 aliphatic carbocycles. The molecular weight excluding hydrogens is 302 g/mol. The molecule has 1 aromatic rings. The zero-order chi connectivity index (χ0) is 17.4. The minimum atomic E-state index is -0.235. The van der Waals surface area contributed by atoms with Gasteiger partial charge in [0.1, 0.15) is 5.75 Å². The molecule has 2 rings (SSSR count). The first kappa shape index (κ1) is 18.6. The lowest BCUT2D eigenvalue weighted by Crippen LogP contribution is -2.45. The van der Waals surface area contributed by atoms with Gasteiger partial charge in [0.2, 0.25) is 0 Å². The number of benzene rings is 1. The third-order valence-electron chi connectivity index (χ3n) is 4.47. The summed E-state index contributed by atoms with van der Waals surface area (Å²) in [5, 5.41) is 6.65. The van der Waals surface area contributed by atoms with Crippen molar-refractivity contribution in [2.45, 2.75) is 57.8 Å². The van der Waals surface area contributed by atoms with Gasteiger partial charge in [-0.1, -0.05) is 18.2 Å². The van der Waals surface area contributed by atoms with Crippen molar-refractivity contribution in [1.29, 1.82) is 0 Å². The van der Waals surface area contributed by atoms with Crippen LogP contribution in [0, 0.1) is 0 Å². The maximum Gasteiger partial charge on any atom is 0.191 e. The summed E-state index contributed by atoms with van der Waals surface area (Å²) in [5.74, 6) is 1.74. The molecule has 1 aliphatic rings. The lowest BCUT2D eigenvalue weighted by molar-refractivity contribution is 0.0268. The zero-order valence-corrected chi connectivity index (χ0v) is 15.4. The summed E-state index contributed by atoms with van der Waals surface area (Å²) in [6.07, 6.45) is 5.24. The quantitative estimate of drug-likeness (QED) is 0.595. The van der Waals surface area contributed by atoms with Gasteiger partial charge in [0.15, 0.2) is 5.96 Å². The largest absolute Gasteiger partial charge is 0.490 e. The van der Waals surface area contributed by atoms with E-state index in [1.165, 1.54) is 12.8 Å². The second kappa shape index (κ2) is 8.92. The Morgan fingerprint density at radius 2 is 1.92 bits per heavy atom. The SMILES string of the molecule is CN=C(NCc1ccccc1OC1CCCC1)NCC(C)(C)OC. The number of nitrogens with zero attached hydrogens (tertiary/aromatic N) is 1. The van der Waals surface area contributed by atoms with Crippen LogP contribution in [0.3, 0.4) is 0 Å². The van der Waals surface area contributed by atoms with Gasteiger partial charge in [-0.15, -0.1) is 0 Å². The van der Waals surface area contributed by atoms with Crippen molar-refractivity contribution in [1.82, 2.24) is 10.6 Å². The van der Waals surface area contributed by atoms with Crippen LogP contribution >= 0.6 is 0 Å². The molecule has 0 radical (unpaired) electrons. The molecule has 5 nitrogen and oxygen atoms in total. The summed E-state index contributed by atoms with van der Waals surface area (Å²) in [7, 11) is 3.49. The highest BCUT2D eigenvalue weighted by Crippen LogP contribution is 2.26. The van der Waals surface area contributed by atoms with Gasteiger partial charge >= 0.3 is 0 Å². The summed E-state index contributed by atoms with van der Waals surface area (Å²) < 4.78 is 11.6. The highest BCUT2D eigenvalue weighted by molar-refractivity contribution is 5.79. The number of para-hydroxylation sites is 1. The van der Waals surface area contributed by atoms with Crippen molar-refractivity contribution in [2.24, 2.45) is 4.99 Å². The van der Waals surface area contributed by atoms with Crippen LogP contribution in [0.4, 0.5) is 0 Å². The normalized spacial score (nSPS) is 16.2. The zero-order valence-electron chi connectivity index (χ0n) is 15.4. The number of nitrogens with one attached hydrogen (secondary N) is 2. The Kier molecular flexibility index (Phi) is 6.91. The molecule has 0 bridgehead atoms. The van der Waals surface area contributed by atoms with Crippen molar-refractivity contribution in [2.75, 3.05) is 20.7 Å². The Morgan fingerprint density at radius 3 is 2.58 bits per heavy atom. The van der Waals surface area contributed by atoms with E-state index in [4.69, 9.17) is 9.47 Å². The van der Waals surface area contributed by atoms with Crippen LogP contribution < -0.4 is 15.4 Å². The molecule has 5 heteroatoms. The van der Waals surface area contributed by atoms with Gasteiger partial charge < -0.3 is 20.1 Å². The molecule has 1 fully saturated rings. The van der Waals surface area contributed by atoms with E-state index in [1.807, 2.05) is 26.0 Å². The van der Waals surface area contributed by atoms with Crippen LogP contribution in [0.2, 0.25) is 0 Å². The third-order valence-corrected chi connectivity index (χ3v) is 4.47. The monoisotopic (exact) mass is 333 g/mol. The molecule has 1 saturated carbocycles. The second-order valence-corrected chi connectivity index (χ2v) is 6.88. The Balaban J connectivity index is 1.90. The minimum Gasteiger partial charge on any atom is -0.490 e. The van der Waals surface area contributed by atoms with E-state index in [1.54, 1.807) is 14.2 Å². The van der Waals surface area contributed by atoms with Gasteiger partial charge in [-0.05, 0) is 45.6 Å². The fourth-order valence-electron chi connectivity index (χ4n) is 2.72. The summed E-state index contributed by atoms with van der Waals surface area (Å²) in [6, 6.07) is 8.23. The van der Waals surface area contributed by atoms with Crippen LogP contribution in [0.25, 0.3) is 0 Å². The van der Waals surface area contributed by atoms with Crippen molar-refractivity contribution < 1.29 is 9.47 Å². The third kappa shape index (κ3) is 5.71. The van der Waals surface area contributed by atoms with Gasteiger partial charge in [0.05, 0.1) is 11.7 Å². The maximum atomic E-state index is 6.18. The topological polar surface area (TPSA) is 54.9 Å². The van der Waals surface area contributed by atoms with Crippen molar-refractivity contribution in [3.63, 3.8) is 0 Å². The predicted molar refractivity (Wildman–Crippen MR) is 98.6 cm³/mol. The smallest absolute Gasteiger partial charge is 0.191 e. The Hall–Kier alpha value is -1.75. The number of rotatable bonds is 7. The van der Waals surface area contributed by atoms with Crippen molar-refractivity contribution in [3.05, 3.63) is 29.8 Å². The van der Waals surface area contributed by atoms with Gasteiger partial charge in [-0.25, -0.2) is 0 Å². The molecule has 2 N–H and O–H groups in total. The first-order valence-electron chi connectivity index (χ1n) is 8.78. The molecule has 1 aromatic carbocycles. The van der Waals surface area contributed by atoms with Crippen LogP contribution in [-0.2, 0) is 11.3 Å². The molecule has 0 spiro atoms. The molecule has 24 heavy (non-hydrogen) atoms. The van der Waals surface area contributed by atoms with Crippen molar-refractivity contribution in [3.8, 4) is 5.75 Å². The highest BCUT2D eigenvalue weighted by atomic mass is 16.5. The first-order chi connectivity index (χ1) is 11.5. The van der Waals surface area contributed by atoms with Gasteiger partial charge in [-0.3, -0.25) is 4.99 Å². The van der Waals surface area contributed by atoms with Gasteiger partial charge in [0, 0.05) is 32.8 Å². The lowest BCUT2D eigenvalue weighted by atomic mass is 10.1. The van der Waals surface area contributed by atoms with E-state index in [9.17, 15) is 0 Å². The molecular formula is C19H31N3O2. The number of hydrogen-bond donors (Lipinski definition) is 2. The maximum absolute atomic E-state index is 6.18. The van der Waals surface area contributed by atoms with E-state index in [-0.39, 0.29) is 5.60 Å². The second-order valence-electron chi connectivity index (χ2n) is 6.88. The molecule has 0 saturated heterocycles. The van der Waals surface area contributed by atoms with Gasteiger partial charge in [-0.2, -0.15) is 0 Å². The standard InChI is InChI=1S/C19H31N3O2/c1-19(2,23-4)14-22-18(20-3)21-13-15-9-5-8-12-17(15)24-16-10-6-7-11-16/h5,8-9,12,16H,6-7,10-11,13-14H2,1-4H3,(H2,20,21,22). The lowest BCUT2D eigenvalue weighted by Gasteiger charge is -2.24. The Morgan fingerprint density at radius 1 is 1.21 bits per heavy atom. The van der Waals surface area contributed by atoms with Crippen LogP contribution in [-0.4, -0.2) is 38.4 Å². The average Bonchev–Trinajstić information content (AvgIpc) is 3.09. The number of guanidine groups is 1. The number of aliphatic imine (C=N–C) groups is 1. The molecule has 0 aliphatic heterocycles. The summed E-state index contributed by atoms with van der Waals surface area (Å²) in [5.41, 5.74) is 0.916. The van der Waals surface area contributed by atoms with Crippen LogP contribution in [0.1, 0.15) is 45.1 Å². The number of hydrogen-bond acceptors (Lipinski definition) is 3.